The highest BCUT2D eigenvalue weighted by Crippen LogP contribution is 2.24. The Bertz CT molecular complexity index is 719. The van der Waals surface area contributed by atoms with Crippen LogP contribution < -0.4 is 10.5 Å². The third-order valence-electron chi connectivity index (χ3n) is 2.91. The maximum absolute atomic E-state index is 5.71. The molecule has 0 radical (unpaired) electrons. The Kier molecular flexibility index (Phi) is 3.08. The second-order valence-electron chi connectivity index (χ2n) is 4.20. The first-order valence-corrected chi connectivity index (χ1v) is 6.01. The standard InChI is InChI=1S/C13H13N5O2/c1-19-10-5-3-2-4-8(10)6-11-16-13(20-18-11)9-7-15-17-12(9)14/h2-5,7H,6H2,1H3,(H3,14,15,17). The van der Waals surface area contributed by atoms with Crippen molar-refractivity contribution in [1.29, 1.82) is 0 Å². The number of ether oxygens (including phenoxy) is 1. The van der Waals surface area contributed by atoms with Crippen LogP contribution in [0.5, 0.6) is 5.75 Å². The van der Waals surface area contributed by atoms with Crippen LogP contribution in [0.1, 0.15) is 11.4 Å². The summed E-state index contributed by atoms with van der Waals surface area (Å²) >= 11 is 0. The molecule has 20 heavy (non-hydrogen) atoms. The number of anilines is 1. The van der Waals surface area contributed by atoms with Crippen molar-refractivity contribution in [2.24, 2.45) is 0 Å². The van der Waals surface area contributed by atoms with E-state index in [1.54, 1.807) is 13.3 Å². The number of nitrogens with zero attached hydrogens (tertiary/aromatic N) is 3. The number of rotatable bonds is 4. The van der Waals surface area contributed by atoms with Crippen molar-refractivity contribution in [3.05, 3.63) is 41.9 Å². The molecule has 0 saturated carbocycles. The van der Waals surface area contributed by atoms with Gasteiger partial charge in [-0.1, -0.05) is 23.4 Å². The first-order valence-electron chi connectivity index (χ1n) is 6.01. The Morgan fingerprint density at radius 2 is 2.20 bits per heavy atom. The first-order chi connectivity index (χ1) is 9.78. The normalized spacial score (nSPS) is 10.7. The van der Waals surface area contributed by atoms with Gasteiger partial charge < -0.3 is 15.0 Å². The molecule has 0 atom stereocenters. The summed E-state index contributed by atoms with van der Waals surface area (Å²) in [4.78, 5) is 4.31. The largest absolute Gasteiger partial charge is 0.496 e. The van der Waals surface area contributed by atoms with Gasteiger partial charge in [0.05, 0.1) is 13.3 Å². The quantitative estimate of drug-likeness (QED) is 0.747. The monoisotopic (exact) mass is 271 g/mol. The summed E-state index contributed by atoms with van der Waals surface area (Å²) in [6.07, 6.45) is 2.07. The van der Waals surface area contributed by atoms with Crippen molar-refractivity contribution in [2.75, 3.05) is 12.8 Å². The van der Waals surface area contributed by atoms with Gasteiger partial charge in [0.25, 0.3) is 5.89 Å². The molecule has 3 N–H and O–H groups in total. The number of hydrogen-bond acceptors (Lipinski definition) is 6. The summed E-state index contributed by atoms with van der Waals surface area (Å²) in [5.74, 6) is 2.10. The van der Waals surface area contributed by atoms with E-state index >= 15 is 0 Å². The minimum Gasteiger partial charge on any atom is -0.496 e. The van der Waals surface area contributed by atoms with Crippen molar-refractivity contribution in [3.63, 3.8) is 0 Å². The molecule has 0 aliphatic rings. The van der Waals surface area contributed by atoms with Crippen LogP contribution in [0.25, 0.3) is 11.5 Å². The van der Waals surface area contributed by atoms with Gasteiger partial charge >= 0.3 is 0 Å². The molecule has 2 aromatic heterocycles. The minimum absolute atomic E-state index is 0.348. The highest BCUT2D eigenvalue weighted by molar-refractivity contribution is 5.65. The van der Waals surface area contributed by atoms with Gasteiger partial charge in [-0.25, -0.2) is 0 Å². The average molecular weight is 271 g/mol. The number of para-hydroxylation sites is 1. The zero-order valence-corrected chi connectivity index (χ0v) is 10.8. The fourth-order valence-electron chi connectivity index (χ4n) is 1.92. The van der Waals surface area contributed by atoms with E-state index in [1.807, 2.05) is 24.3 Å². The van der Waals surface area contributed by atoms with Gasteiger partial charge in [0.2, 0.25) is 0 Å². The maximum Gasteiger partial charge on any atom is 0.263 e. The Morgan fingerprint density at radius 1 is 1.35 bits per heavy atom. The van der Waals surface area contributed by atoms with E-state index in [0.29, 0.717) is 29.5 Å². The number of nitrogens with one attached hydrogen (secondary N) is 1. The zero-order valence-electron chi connectivity index (χ0n) is 10.8. The molecule has 7 nitrogen and oxygen atoms in total. The van der Waals surface area contributed by atoms with E-state index in [0.717, 1.165) is 11.3 Å². The number of methoxy groups -OCH3 is 1. The predicted octanol–water partition coefficient (Wildman–Crippen LogP) is 1.64. The summed E-state index contributed by atoms with van der Waals surface area (Å²) in [5, 5.41) is 10.4. The molecule has 102 valence electrons. The molecule has 7 heteroatoms. The molecule has 0 unspecified atom stereocenters. The van der Waals surface area contributed by atoms with Crippen molar-refractivity contribution in [3.8, 4) is 17.2 Å². The zero-order chi connectivity index (χ0) is 13.9. The molecule has 0 saturated heterocycles. The number of nitrogens with two attached hydrogens (primary N) is 1. The highest BCUT2D eigenvalue weighted by atomic mass is 16.5. The Labute approximate surface area is 114 Å². The molecule has 0 aliphatic heterocycles. The van der Waals surface area contributed by atoms with Gasteiger partial charge in [-0.3, -0.25) is 5.10 Å². The van der Waals surface area contributed by atoms with E-state index in [9.17, 15) is 0 Å². The van der Waals surface area contributed by atoms with E-state index in [4.69, 9.17) is 15.0 Å². The number of nitrogen functional groups attached to an aromatic ring is 1. The predicted molar refractivity (Wildman–Crippen MR) is 72.1 cm³/mol. The fourth-order valence-corrected chi connectivity index (χ4v) is 1.92. The van der Waals surface area contributed by atoms with Gasteiger partial charge in [-0.05, 0) is 6.07 Å². The first kappa shape index (κ1) is 12.2. The molecule has 2 heterocycles. The molecule has 0 bridgehead atoms. The molecule has 0 spiro atoms. The number of aromatic nitrogens is 4. The van der Waals surface area contributed by atoms with E-state index in [1.165, 1.54) is 0 Å². The lowest BCUT2D eigenvalue weighted by Crippen LogP contribution is -1.95. The summed E-state index contributed by atoms with van der Waals surface area (Å²) in [6.45, 7) is 0. The van der Waals surface area contributed by atoms with Crippen molar-refractivity contribution in [1.82, 2.24) is 20.3 Å². The summed E-state index contributed by atoms with van der Waals surface area (Å²) in [5.41, 5.74) is 7.30. The summed E-state index contributed by atoms with van der Waals surface area (Å²) in [6, 6.07) is 7.70. The van der Waals surface area contributed by atoms with Crippen molar-refractivity contribution < 1.29 is 9.26 Å². The number of hydrogen-bond donors (Lipinski definition) is 2. The number of benzene rings is 1. The lowest BCUT2D eigenvalue weighted by atomic mass is 10.1. The fraction of sp³-hybridized carbons (Fsp3) is 0.154. The van der Waals surface area contributed by atoms with Gasteiger partial charge in [-0.2, -0.15) is 10.1 Å². The second-order valence-corrected chi connectivity index (χ2v) is 4.20. The lowest BCUT2D eigenvalue weighted by molar-refractivity contribution is 0.408. The van der Waals surface area contributed by atoms with E-state index in [-0.39, 0.29) is 0 Å². The third-order valence-corrected chi connectivity index (χ3v) is 2.91. The van der Waals surface area contributed by atoms with Gasteiger partial charge in [0, 0.05) is 12.0 Å². The maximum atomic E-state index is 5.71. The lowest BCUT2D eigenvalue weighted by Gasteiger charge is -2.04. The van der Waals surface area contributed by atoms with Crippen LogP contribution in [0, 0.1) is 0 Å². The van der Waals surface area contributed by atoms with Crippen LogP contribution in [0.2, 0.25) is 0 Å². The number of H-pyrrole nitrogens is 1. The van der Waals surface area contributed by atoms with Crippen LogP contribution in [0.3, 0.4) is 0 Å². The molecule has 0 amide bonds. The van der Waals surface area contributed by atoms with Gasteiger partial charge in [0.1, 0.15) is 17.1 Å². The van der Waals surface area contributed by atoms with Crippen LogP contribution >= 0.6 is 0 Å². The molecule has 0 aliphatic carbocycles. The Morgan fingerprint density at radius 3 is 2.95 bits per heavy atom. The smallest absolute Gasteiger partial charge is 0.263 e. The van der Waals surface area contributed by atoms with Gasteiger partial charge in [0.15, 0.2) is 5.82 Å². The average Bonchev–Trinajstić information content (AvgIpc) is 3.08. The van der Waals surface area contributed by atoms with E-state index in [2.05, 4.69) is 20.3 Å². The molecule has 3 aromatic rings. The highest BCUT2D eigenvalue weighted by Gasteiger charge is 2.14. The minimum atomic E-state index is 0.348. The van der Waals surface area contributed by atoms with Crippen LogP contribution in [-0.4, -0.2) is 27.4 Å². The molecular formula is C13H13N5O2. The van der Waals surface area contributed by atoms with E-state index < -0.39 is 0 Å². The second kappa shape index (κ2) is 5.04. The van der Waals surface area contributed by atoms with Crippen LogP contribution in [-0.2, 0) is 6.42 Å². The Balaban J connectivity index is 1.86. The van der Waals surface area contributed by atoms with Crippen LogP contribution in [0.4, 0.5) is 5.82 Å². The van der Waals surface area contributed by atoms with Crippen molar-refractivity contribution in [2.45, 2.75) is 6.42 Å². The third kappa shape index (κ3) is 2.20. The molecule has 0 fully saturated rings. The summed E-state index contributed by atoms with van der Waals surface area (Å²) < 4.78 is 10.5. The summed E-state index contributed by atoms with van der Waals surface area (Å²) in [7, 11) is 1.63. The molecule has 3 rings (SSSR count). The Hall–Kier alpha value is -2.83. The SMILES string of the molecule is COc1ccccc1Cc1noc(-c2cn[nH]c2N)n1. The van der Waals surface area contributed by atoms with Crippen LogP contribution in [0.15, 0.2) is 35.0 Å². The number of aromatic amines is 1. The molecule has 1 aromatic carbocycles. The van der Waals surface area contributed by atoms with Crippen molar-refractivity contribution >= 4 is 5.82 Å². The molecular weight excluding hydrogens is 258 g/mol. The topological polar surface area (TPSA) is 103 Å². The van der Waals surface area contributed by atoms with Gasteiger partial charge in [-0.15, -0.1) is 0 Å².